The molecule has 1 heterocycles. The molecule has 0 aliphatic heterocycles. The topological polar surface area (TPSA) is 82.0 Å². The van der Waals surface area contributed by atoms with Crippen molar-refractivity contribution in [3.05, 3.63) is 42.1 Å². The third-order valence-corrected chi connectivity index (χ3v) is 6.66. The summed E-state index contributed by atoms with van der Waals surface area (Å²) in [5, 5.41) is 19.2. The molecule has 33 heavy (non-hydrogen) atoms. The molecule has 0 spiro atoms. The molecule has 2 fully saturated rings. The van der Waals surface area contributed by atoms with Crippen LogP contribution in [0.1, 0.15) is 38.5 Å². The summed E-state index contributed by atoms with van der Waals surface area (Å²) in [5.41, 5.74) is 0.806. The standard InChI is InChI=1S/C25H31F2N5O/c1-33-11-10-29-18-3-5-19(6-4-18)32-24-13-20(22(27)14-30-24)17-2-7-21(26)23(12-17)31-16-25(15-28)8-9-25/h2,7,12-14,18-19,29,31H,3-6,8-11,16H2,1H3,(H,30,32)/t18-,19-. The van der Waals surface area contributed by atoms with Crippen molar-refractivity contribution in [3.63, 3.8) is 0 Å². The highest BCUT2D eigenvalue weighted by atomic mass is 19.1. The summed E-state index contributed by atoms with van der Waals surface area (Å²) in [6.07, 6.45) is 6.97. The number of nitrogens with one attached hydrogen (secondary N) is 3. The smallest absolute Gasteiger partial charge is 0.149 e. The van der Waals surface area contributed by atoms with Crippen LogP contribution in [0.4, 0.5) is 20.3 Å². The zero-order valence-electron chi connectivity index (χ0n) is 19.0. The van der Waals surface area contributed by atoms with E-state index >= 15 is 0 Å². The van der Waals surface area contributed by atoms with Crippen LogP contribution < -0.4 is 16.0 Å². The first-order valence-electron chi connectivity index (χ1n) is 11.6. The molecule has 2 aliphatic carbocycles. The third-order valence-electron chi connectivity index (χ3n) is 6.66. The number of halogens is 2. The van der Waals surface area contributed by atoms with Crippen LogP contribution in [0, 0.1) is 28.4 Å². The number of benzene rings is 1. The van der Waals surface area contributed by atoms with Gasteiger partial charge in [0, 0.05) is 37.8 Å². The largest absolute Gasteiger partial charge is 0.383 e. The van der Waals surface area contributed by atoms with E-state index < -0.39 is 17.0 Å². The maximum absolute atomic E-state index is 14.6. The molecule has 0 unspecified atom stereocenters. The lowest BCUT2D eigenvalue weighted by molar-refractivity contribution is 0.191. The molecule has 1 aromatic heterocycles. The monoisotopic (exact) mass is 455 g/mol. The number of rotatable bonds is 10. The van der Waals surface area contributed by atoms with Crippen LogP contribution in [-0.4, -0.2) is 43.9 Å². The van der Waals surface area contributed by atoms with Gasteiger partial charge in [-0.3, -0.25) is 0 Å². The number of aromatic nitrogens is 1. The molecule has 0 amide bonds. The van der Waals surface area contributed by atoms with Gasteiger partial charge in [0.05, 0.1) is 30.0 Å². The van der Waals surface area contributed by atoms with Crippen molar-refractivity contribution in [2.45, 2.75) is 50.6 Å². The van der Waals surface area contributed by atoms with Gasteiger partial charge in [-0.25, -0.2) is 13.8 Å². The normalized spacial score (nSPS) is 21.3. The SMILES string of the molecule is COCCN[C@H]1CC[C@H](Nc2cc(-c3ccc(F)c(NCC4(C#N)CC4)c3)c(F)cn2)CC1. The summed E-state index contributed by atoms with van der Waals surface area (Å²) in [6.45, 7) is 1.95. The van der Waals surface area contributed by atoms with Crippen LogP contribution in [0.2, 0.25) is 0 Å². The minimum absolute atomic E-state index is 0.277. The predicted octanol–water partition coefficient (Wildman–Crippen LogP) is 4.70. The molecule has 2 aromatic rings. The molecule has 3 N–H and O–H groups in total. The van der Waals surface area contributed by atoms with Crippen molar-refractivity contribution < 1.29 is 13.5 Å². The Balaban J connectivity index is 1.40. The first-order valence-corrected chi connectivity index (χ1v) is 11.6. The van der Waals surface area contributed by atoms with Gasteiger partial charge >= 0.3 is 0 Å². The molecule has 0 atom stereocenters. The summed E-state index contributed by atoms with van der Waals surface area (Å²) < 4.78 is 34.1. The Morgan fingerprint density at radius 3 is 2.58 bits per heavy atom. The van der Waals surface area contributed by atoms with Gasteiger partial charge < -0.3 is 20.7 Å². The van der Waals surface area contributed by atoms with Crippen LogP contribution in [-0.2, 0) is 4.74 Å². The van der Waals surface area contributed by atoms with E-state index in [1.54, 1.807) is 25.3 Å². The lowest BCUT2D eigenvalue weighted by atomic mass is 9.91. The highest BCUT2D eigenvalue weighted by Crippen LogP contribution is 2.45. The number of nitriles is 1. The van der Waals surface area contributed by atoms with E-state index in [1.165, 1.54) is 12.3 Å². The molecule has 0 saturated heterocycles. The average molecular weight is 456 g/mol. The maximum Gasteiger partial charge on any atom is 0.149 e. The number of ether oxygens (including phenoxy) is 1. The second-order valence-corrected chi connectivity index (χ2v) is 9.13. The minimum Gasteiger partial charge on any atom is -0.383 e. The number of hydrogen-bond acceptors (Lipinski definition) is 6. The lowest BCUT2D eigenvalue weighted by Gasteiger charge is -2.30. The summed E-state index contributed by atoms with van der Waals surface area (Å²) in [5.74, 6) is -0.265. The van der Waals surface area contributed by atoms with Gasteiger partial charge in [-0.1, -0.05) is 6.07 Å². The molecule has 0 bridgehead atoms. The van der Waals surface area contributed by atoms with E-state index in [-0.39, 0.29) is 11.7 Å². The van der Waals surface area contributed by atoms with E-state index in [0.717, 1.165) is 45.1 Å². The zero-order valence-corrected chi connectivity index (χ0v) is 19.0. The molecule has 2 saturated carbocycles. The summed E-state index contributed by atoms with van der Waals surface area (Å²) in [7, 11) is 1.70. The van der Waals surface area contributed by atoms with E-state index in [0.29, 0.717) is 36.1 Å². The molecule has 8 heteroatoms. The Kier molecular flexibility index (Phi) is 7.41. The van der Waals surface area contributed by atoms with Crippen LogP contribution in [0.5, 0.6) is 0 Å². The zero-order chi connectivity index (χ0) is 23.3. The maximum atomic E-state index is 14.6. The molecule has 6 nitrogen and oxygen atoms in total. The highest BCUT2D eigenvalue weighted by Gasteiger charge is 2.43. The Hall–Kier alpha value is -2.76. The number of hydrogen-bond donors (Lipinski definition) is 3. The van der Waals surface area contributed by atoms with Crippen molar-refractivity contribution in [1.82, 2.24) is 10.3 Å². The van der Waals surface area contributed by atoms with Gasteiger partial charge in [-0.05, 0) is 62.3 Å². The van der Waals surface area contributed by atoms with Gasteiger partial charge in [0.25, 0.3) is 0 Å². The van der Waals surface area contributed by atoms with Gasteiger partial charge in [-0.15, -0.1) is 0 Å². The van der Waals surface area contributed by atoms with E-state index in [4.69, 9.17) is 4.74 Å². The van der Waals surface area contributed by atoms with Crippen molar-refractivity contribution in [2.75, 3.05) is 37.4 Å². The summed E-state index contributed by atoms with van der Waals surface area (Å²) in [4.78, 5) is 4.22. The summed E-state index contributed by atoms with van der Waals surface area (Å²) in [6, 6.07) is 9.24. The van der Waals surface area contributed by atoms with E-state index in [2.05, 4.69) is 27.0 Å². The van der Waals surface area contributed by atoms with Gasteiger partial charge in [0.2, 0.25) is 0 Å². The minimum atomic E-state index is -0.458. The highest BCUT2D eigenvalue weighted by molar-refractivity contribution is 5.71. The Morgan fingerprint density at radius 1 is 1.12 bits per heavy atom. The fraction of sp³-hybridized carbons (Fsp3) is 0.520. The second kappa shape index (κ2) is 10.4. The summed E-state index contributed by atoms with van der Waals surface area (Å²) >= 11 is 0. The predicted molar refractivity (Wildman–Crippen MR) is 125 cm³/mol. The second-order valence-electron chi connectivity index (χ2n) is 9.13. The number of pyridine rings is 1. The van der Waals surface area contributed by atoms with Crippen LogP contribution in [0.25, 0.3) is 11.1 Å². The lowest BCUT2D eigenvalue weighted by Crippen LogP contribution is -2.38. The van der Waals surface area contributed by atoms with E-state index in [9.17, 15) is 14.0 Å². The number of anilines is 2. The van der Waals surface area contributed by atoms with Crippen molar-refractivity contribution in [1.29, 1.82) is 5.26 Å². The fourth-order valence-corrected chi connectivity index (χ4v) is 4.33. The van der Waals surface area contributed by atoms with Gasteiger partial charge in [-0.2, -0.15) is 5.26 Å². The first kappa shape index (κ1) is 23.4. The van der Waals surface area contributed by atoms with E-state index in [1.807, 2.05) is 0 Å². The Labute approximate surface area is 193 Å². The molecule has 1 aromatic carbocycles. The van der Waals surface area contributed by atoms with Crippen molar-refractivity contribution >= 4 is 11.5 Å². The van der Waals surface area contributed by atoms with Gasteiger partial charge in [0.15, 0.2) is 0 Å². The molecule has 4 rings (SSSR count). The Bertz CT molecular complexity index is 997. The molecule has 0 radical (unpaired) electrons. The van der Waals surface area contributed by atoms with Crippen molar-refractivity contribution in [3.8, 4) is 17.2 Å². The number of nitrogens with zero attached hydrogens (tertiary/aromatic N) is 2. The number of methoxy groups -OCH3 is 1. The Morgan fingerprint density at radius 2 is 1.88 bits per heavy atom. The van der Waals surface area contributed by atoms with Crippen molar-refractivity contribution in [2.24, 2.45) is 5.41 Å². The molecular formula is C25H31F2N5O. The third kappa shape index (κ3) is 5.98. The first-order chi connectivity index (χ1) is 16.0. The average Bonchev–Trinajstić information content (AvgIpc) is 3.62. The quantitative estimate of drug-likeness (QED) is 0.451. The molecule has 2 aliphatic rings. The van der Waals surface area contributed by atoms with Crippen LogP contribution in [0.3, 0.4) is 0 Å². The molecule has 176 valence electrons. The molecular weight excluding hydrogens is 424 g/mol. The fourth-order valence-electron chi connectivity index (χ4n) is 4.33. The van der Waals surface area contributed by atoms with Crippen LogP contribution >= 0.6 is 0 Å². The van der Waals surface area contributed by atoms with Gasteiger partial charge in [0.1, 0.15) is 17.5 Å². The van der Waals surface area contributed by atoms with Crippen LogP contribution in [0.15, 0.2) is 30.5 Å².